The van der Waals surface area contributed by atoms with E-state index in [2.05, 4.69) is 20.7 Å². The summed E-state index contributed by atoms with van der Waals surface area (Å²) in [5.41, 5.74) is 4.84. The Morgan fingerprint density at radius 2 is 1.81 bits per heavy atom. The van der Waals surface area contributed by atoms with Crippen LogP contribution in [0.4, 0.5) is 20.2 Å². The van der Waals surface area contributed by atoms with Crippen LogP contribution in [0.3, 0.4) is 0 Å². The predicted octanol–water partition coefficient (Wildman–Crippen LogP) is 3.76. The van der Waals surface area contributed by atoms with Crippen molar-refractivity contribution in [1.29, 1.82) is 0 Å². The van der Waals surface area contributed by atoms with Crippen molar-refractivity contribution < 1.29 is 17.2 Å². The van der Waals surface area contributed by atoms with Gasteiger partial charge in [0.1, 0.15) is 16.5 Å². The van der Waals surface area contributed by atoms with Gasteiger partial charge in [0, 0.05) is 10.5 Å². The first-order valence-electron chi connectivity index (χ1n) is 5.43. The number of hydrogen-bond acceptors (Lipinski definition) is 3. The molecule has 0 aliphatic rings. The third-order valence-electron chi connectivity index (χ3n) is 2.51. The number of sulfonamides is 1. The molecule has 2 aromatic carbocycles. The molecule has 0 spiro atoms. The van der Waals surface area contributed by atoms with E-state index in [1.807, 2.05) is 0 Å². The number of hydrogen-bond donors (Lipinski definition) is 2. The smallest absolute Gasteiger partial charge is 0.264 e. The number of nitrogen functional groups attached to an aromatic ring is 1. The summed E-state index contributed by atoms with van der Waals surface area (Å²) < 4.78 is 53.7. The standard InChI is InChI=1S/C12H8BrClF2N2O2S/c13-6-1-2-7(14)11(3-6)18-21(19,20)12-5-10(17)8(15)4-9(12)16/h1-5,18H,17H2. The van der Waals surface area contributed by atoms with E-state index < -0.39 is 32.2 Å². The molecule has 0 saturated heterocycles. The average Bonchev–Trinajstić information content (AvgIpc) is 2.37. The van der Waals surface area contributed by atoms with Crippen molar-refractivity contribution in [2.75, 3.05) is 10.5 Å². The summed E-state index contributed by atoms with van der Waals surface area (Å²) in [6.07, 6.45) is 0. The first-order chi connectivity index (χ1) is 9.70. The van der Waals surface area contributed by atoms with Gasteiger partial charge in [-0.05, 0) is 24.3 Å². The van der Waals surface area contributed by atoms with Crippen molar-refractivity contribution in [1.82, 2.24) is 0 Å². The molecule has 3 N–H and O–H groups in total. The molecule has 0 atom stereocenters. The molecule has 2 aromatic rings. The fourth-order valence-corrected chi connectivity index (χ4v) is 3.27. The zero-order chi connectivity index (χ0) is 15.8. The van der Waals surface area contributed by atoms with Crippen LogP contribution in [0.2, 0.25) is 5.02 Å². The van der Waals surface area contributed by atoms with Gasteiger partial charge >= 0.3 is 0 Å². The second kappa shape index (κ2) is 5.78. The van der Waals surface area contributed by atoms with Crippen LogP contribution >= 0.6 is 27.5 Å². The van der Waals surface area contributed by atoms with Gasteiger partial charge in [-0.3, -0.25) is 4.72 Å². The second-order valence-corrected chi connectivity index (χ2v) is 7.01. The van der Waals surface area contributed by atoms with Gasteiger partial charge < -0.3 is 5.73 Å². The van der Waals surface area contributed by atoms with Gasteiger partial charge in [-0.1, -0.05) is 27.5 Å². The summed E-state index contributed by atoms with van der Waals surface area (Å²) >= 11 is 9.02. The summed E-state index contributed by atoms with van der Waals surface area (Å²) in [5, 5.41) is 0.122. The van der Waals surface area contributed by atoms with E-state index in [9.17, 15) is 17.2 Å². The average molecular weight is 398 g/mol. The van der Waals surface area contributed by atoms with Crippen LogP contribution in [0.5, 0.6) is 0 Å². The normalized spacial score (nSPS) is 11.4. The quantitative estimate of drug-likeness (QED) is 0.775. The first kappa shape index (κ1) is 16.0. The van der Waals surface area contributed by atoms with Gasteiger partial charge in [-0.15, -0.1) is 0 Å². The molecule has 0 amide bonds. The van der Waals surface area contributed by atoms with Crippen molar-refractivity contribution in [2.24, 2.45) is 0 Å². The Bertz CT molecular complexity index is 815. The molecule has 9 heteroatoms. The third kappa shape index (κ3) is 3.45. The van der Waals surface area contributed by atoms with E-state index in [0.717, 1.165) is 0 Å². The molecule has 0 aromatic heterocycles. The SMILES string of the molecule is Nc1cc(S(=O)(=O)Nc2cc(Br)ccc2Cl)c(F)cc1F. The van der Waals surface area contributed by atoms with Crippen molar-refractivity contribution in [3.05, 3.63) is 51.5 Å². The van der Waals surface area contributed by atoms with E-state index in [4.69, 9.17) is 17.3 Å². The third-order valence-corrected chi connectivity index (χ3v) is 4.72. The molecule has 0 aliphatic heterocycles. The summed E-state index contributed by atoms with van der Waals surface area (Å²) in [5.74, 6) is -2.28. The Kier molecular flexibility index (Phi) is 4.40. The van der Waals surface area contributed by atoms with E-state index in [-0.39, 0.29) is 10.7 Å². The molecule has 2 rings (SSSR count). The minimum Gasteiger partial charge on any atom is -0.396 e. The minimum atomic E-state index is -4.30. The molecular weight excluding hydrogens is 390 g/mol. The summed E-state index contributed by atoms with van der Waals surface area (Å²) in [6, 6.07) is 5.59. The summed E-state index contributed by atoms with van der Waals surface area (Å²) in [7, 11) is -4.30. The molecule has 112 valence electrons. The first-order valence-corrected chi connectivity index (χ1v) is 8.08. The van der Waals surface area contributed by atoms with Crippen LogP contribution in [-0.2, 0) is 10.0 Å². The van der Waals surface area contributed by atoms with E-state index in [1.165, 1.54) is 12.1 Å². The van der Waals surface area contributed by atoms with Crippen molar-refractivity contribution in [3.8, 4) is 0 Å². The Morgan fingerprint density at radius 3 is 2.48 bits per heavy atom. The van der Waals surface area contributed by atoms with E-state index >= 15 is 0 Å². The maximum atomic E-state index is 13.7. The number of benzene rings is 2. The lowest BCUT2D eigenvalue weighted by atomic mass is 10.3. The van der Waals surface area contributed by atoms with Crippen LogP contribution in [0.25, 0.3) is 0 Å². The van der Waals surface area contributed by atoms with Crippen LogP contribution < -0.4 is 10.5 Å². The lowest BCUT2D eigenvalue weighted by Gasteiger charge is -2.11. The van der Waals surface area contributed by atoms with Gasteiger partial charge in [-0.25, -0.2) is 17.2 Å². The largest absolute Gasteiger partial charge is 0.396 e. The Balaban J connectivity index is 2.48. The molecule has 21 heavy (non-hydrogen) atoms. The zero-order valence-electron chi connectivity index (χ0n) is 10.2. The van der Waals surface area contributed by atoms with Gasteiger partial charge in [-0.2, -0.15) is 0 Å². The van der Waals surface area contributed by atoms with E-state index in [1.54, 1.807) is 6.07 Å². The zero-order valence-corrected chi connectivity index (χ0v) is 13.4. The maximum Gasteiger partial charge on any atom is 0.264 e. The van der Waals surface area contributed by atoms with Crippen molar-refractivity contribution >= 4 is 48.9 Å². The van der Waals surface area contributed by atoms with Crippen LogP contribution in [0.15, 0.2) is 39.7 Å². The second-order valence-electron chi connectivity index (χ2n) is 4.03. The Labute approximate surface area is 133 Å². The number of nitrogens with one attached hydrogen (secondary N) is 1. The van der Waals surface area contributed by atoms with Crippen LogP contribution in [-0.4, -0.2) is 8.42 Å². The molecule has 4 nitrogen and oxygen atoms in total. The van der Waals surface area contributed by atoms with Crippen LogP contribution in [0.1, 0.15) is 0 Å². The molecule has 0 aliphatic carbocycles. The molecule has 0 saturated carbocycles. The highest BCUT2D eigenvalue weighted by Gasteiger charge is 2.22. The van der Waals surface area contributed by atoms with Gasteiger partial charge in [0.2, 0.25) is 0 Å². The lowest BCUT2D eigenvalue weighted by molar-refractivity contribution is 0.553. The topological polar surface area (TPSA) is 72.2 Å². The van der Waals surface area contributed by atoms with Gasteiger partial charge in [0.05, 0.1) is 16.4 Å². The molecule has 0 heterocycles. The highest BCUT2D eigenvalue weighted by Crippen LogP contribution is 2.29. The number of halogens is 4. The molecule has 0 radical (unpaired) electrons. The Hall–Kier alpha value is -1.38. The fraction of sp³-hybridized carbons (Fsp3) is 0. The Morgan fingerprint density at radius 1 is 1.14 bits per heavy atom. The van der Waals surface area contributed by atoms with Gasteiger partial charge in [0.25, 0.3) is 10.0 Å². The molecule has 0 bridgehead atoms. The lowest BCUT2D eigenvalue weighted by Crippen LogP contribution is -2.15. The molecule has 0 unspecified atom stereocenters. The monoisotopic (exact) mass is 396 g/mol. The highest BCUT2D eigenvalue weighted by molar-refractivity contribution is 9.10. The number of anilines is 2. The molecule has 0 fully saturated rings. The highest BCUT2D eigenvalue weighted by atomic mass is 79.9. The fourth-order valence-electron chi connectivity index (χ4n) is 1.53. The minimum absolute atomic E-state index is 0.0494. The van der Waals surface area contributed by atoms with Crippen molar-refractivity contribution in [2.45, 2.75) is 4.90 Å². The summed E-state index contributed by atoms with van der Waals surface area (Å²) in [6.45, 7) is 0. The predicted molar refractivity (Wildman–Crippen MR) is 80.7 cm³/mol. The maximum absolute atomic E-state index is 13.7. The molecular formula is C12H8BrClF2N2O2S. The number of rotatable bonds is 3. The van der Waals surface area contributed by atoms with Crippen LogP contribution in [0, 0.1) is 11.6 Å². The van der Waals surface area contributed by atoms with Crippen molar-refractivity contribution in [3.63, 3.8) is 0 Å². The number of nitrogens with two attached hydrogens (primary N) is 1. The van der Waals surface area contributed by atoms with Gasteiger partial charge in [0.15, 0.2) is 0 Å². The summed E-state index contributed by atoms with van der Waals surface area (Å²) in [4.78, 5) is -0.766. The van der Waals surface area contributed by atoms with E-state index in [0.29, 0.717) is 16.6 Å².